The lowest BCUT2D eigenvalue weighted by Gasteiger charge is -2.22. The van der Waals surface area contributed by atoms with Crippen LogP contribution in [-0.4, -0.2) is 20.9 Å². The first kappa shape index (κ1) is 19.8. The molecule has 0 aliphatic carbocycles. The van der Waals surface area contributed by atoms with Crippen LogP contribution in [0.1, 0.15) is 27.5 Å². The Labute approximate surface area is 179 Å². The number of anilines is 3. The second kappa shape index (κ2) is 9.36. The minimum atomic E-state index is -0.332. The Morgan fingerprint density at radius 1 is 0.806 bits per heavy atom. The molecule has 0 unspecified atom stereocenters. The molecule has 0 bridgehead atoms. The minimum Gasteiger partial charge on any atom is -0.393 e. The van der Waals surface area contributed by atoms with Crippen molar-refractivity contribution in [1.29, 1.82) is 0 Å². The minimum absolute atomic E-state index is 0.168. The third-order valence-electron chi connectivity index (χ3n) is 4.67. The van der Waals surface area contributed by atoms with E-state index < -0.39 is 0 Å². The summed E-state index contributed by atoms with van der Waals surface area (Å²) >= 11 is 0. The van der Waals surface area contributed by atoms with E-state index in [4.69, 9.17) is 5.73 Å². The third-order valence-corrected chi connectivity index (χ3v) is 4.67. The van der Waals surface area contributed by atoms with Crippen molar-refractivity contribution >= 4 is 23.2 Å². The Morgan fingerprint density at radius 3 is 2.00 bits per heavy atom. The molecular formula is C23H21N7O. The molecule has 8 heteroatoms. The maximum Gasteiger partial charge on any atom is 0.269 e. The summed E-state index contributed by atoms with van der Waals surface area (Å²) in [7, 11) is 0. The summed E-state index contributed by atoms with van der Waals surface area (Å²) < 4.78 is 0. The summed E-state index contributed by atoms with van der Waals surface area (Å²) in [6.07, 6.45) is 4.47. The van der Waals surface area contributed by atoms with Gasteiger partial charge in [-0.25, -0.2) is 9.97 Å². The van der Waals surface area contributed by atoms with Gasteiger partial charge in [0, 0.05) is 18.0 Å². The van der Waals surface area contributed by atoms with Crippen LogP contribution < -0.4 is 21.9 Å². The second-order valence-corrected chi connectivity index (χ2v) is 6.70. The predicted molar refractivity (Wildman–Crippen MR) is 120 cm³/mol. The van der Waals surface area contributed by atoms with Gasteiger partial charge in [-0.3, -0.25) is 20.6 Å². The number of amides is 1. The largest absolute Gasteiger partial charge is 0.393 e. The van der Waals surface area contributed by atoms with Gasteiger partial charge >= 0.3 is 0 Å². The molecule has 0 spiro atoms. The highest BCUT2D eigenvalue weighted by Crippen LogP contribution is 2.30. The van der Waals surface area contributed by atoms with Crippen LogP contribution in [0.5, 0.6) is 0 Å². The number of nitrogens with one attached hydrogen (secondary N) is 3. The van der Waals surface area contributed by atoms with Crippen LogP contribution >= 0.6 is 0 Å². The summed E-state index contributed by atoms with van der Waals surface area (Å²) in [6, 6.07) is 23.1. The summed E-state index contributed by atoms with van der Waals surface area (Å²) in [6.45, 7) is 0. The van der Waals surface area contributed by atoms with Crippen LogP contribution in [0.3, 0.4) is 0 Å². The smallest absolute Gasteiger partial charge is 0.269 e. The van der Waals surface area contributed by atoms with E-state index in [9.17, 15) is 4.79 Å². The Kier molecular flexibility index (Phi) is 5.99. The summed E-state index contributed by atoms with van der Waals surface area (Å²) in [5, 5.41) is 3.40. The van der Waals surface area contributed by atoms with E-state index in [0.717, 1.165) is 11.1 Å². The standard InChI is InChI=1S/C23H21N7O/c24-19-21(26-15-27-22(19)29-30-23(31)18-11-13-25-14-12-18)28-20(16-7-3-1-4-8-16)17-9-5-2-6-10-17/h1-15,20H,24H2,(H,30,31)(H2,26,27,28,29). The van der Waals surface area contributed by atoms with Gasteiger partial charge in [-0.2, -0.15) is 0 Å². The van der Waals surface area contributed by atoms with Gasteiger partial charge in [-0.1, -0.05) is 60.7 Å². The highest BCUT2D eigenvalue weighted by atomic mass is 16.2. The number of carbonyl (C=O) groups excluding carboxylic acids is 1. The van der Waals surface area contributed by atoms with Crippen molar-refractivity contribution in [3.05, 3.63) is 108 Å². The number of hydrogen-bond donors (Lipinski definition) is 4. The van der Waals surface area contributed by atoms with Crippen molar-refractivity contribution in [1.82, 2.24) is 20.4 Å². The number of hydrogen-bond acceptors (Lipinski definition) is 7. The number of nitrogens with zero attached hydrogens (tertiary/aromatic N) is 3. The molecule has 4 rings (SSSR count). The molecule has 0 saturated carbocycles. The van der Waals surface area contributed by atoms with E-state index in [0.29, 0.717) is 17.2 Å². The third kappa shape index (κ3) is 4.76. The molecule has 0 fully saturated rings. The fourth-order valence-corrected chi connectivity index (χ4v) is 3.09. The summed E-state index contributed by atoms with van der Waals surface area (Å²) in [5.41, 5.74) is 14.5. The monoisotopic (exact) mass is 411 g/mol. The van der Waals surface area contributed by atoms with E-state index >= 15 is 0 Å². The number of carbonyl (C=O) groups is 1. The molecule has 2 heterocycles. The molecule has 0 atom stereocenters. The second-order valence-electron chi connectivity index (χ2n) is 6.70. The molecule has 0 saturated heterocycles. The Morgan fingerprint density at radius 2 is 1.39 bits per heavy atom. The van der Waals surface area contributed by atoms with Crippen molar-refractivity contribution in [2.24, 2.45) is 0 Å². The zero-order valence-electron chi connectivity index (χ0n) is 16.6. The van der Waals surface area contributed by atoms with Crippen molar-refractivity contribution in [3.63, 3.8) is 0 Å². The van der Waals surface area contributed by atoms with Crippen molar-refractivity contribution in [2.45, 2.75) is 6.04 Å². The highest BCUT2D eigenvalue weighted by molar-refractivity contribution is 5.95. The Hall–Kier alpha value is -4.46. The number of benzene rings is 2. The maximum atomic E-state index is 12.3. The number of aromatic nitrogens is 3. The normalized spacial score (nSPS) is 10.5. The fraction of sp³-hybridized carbons (Fsp3) is 0.0435. The molecule has 5 N–H and O–H groups in total. The van der Waals surface area contributed by atoms with Crippen molar-refractivity contribution in [2.75, 3.05) is 16.5 Å². The molecule has 0 aliphatic heterocycles. The molecule has 8 nitrogen and oxygen atoms in total. The van der Waals surface area contributed by atoms with Gasteiger partial charge < -0.3 is 11.1 Å². The van der Waals surface area contributed by atoms with Crippen LogP contribution in [0.25, 0.3) is 0 Å². The molecular weight excluding hydrogens is 390 g/mol. The van der Waals surface area contributed by atoms with Crippen molar-refractivity contribution in [3.8, 4) is 0 Å². The number of hydrazine groups is 1. The number of nitrogen functional groups attached to an aromatic ring is 1. The van der Waals surface area contributed by atoms with Crippen LogP contribution in [0.4, 0.5) is 17.3 Å². The lowest BCUT2D eigenvalue weighted by molar-refractivity contribution is 0.0962. The van der Waals surface area contributed by atoms with Crippen LogP contribution in [0.2, 0.25) is 0 Å². The molecule has 31 heavy (non-hydrogen) atoms. The van der Waals surface area contributed by atoms with Gasteiger partial charge in [0.1, 0.15) is 12.0 Å². The molecule has 1 amide bonds. The fourth-order valence-electron chi connectivity index (χ4n) is 3.09. The van der Waals surface area contributed by atoms with E-state index in [1.807, 2.05) is 60.7 Å². The first-order valence-electron chi connectivity index (χ1n) is 9.65. The van der Waals surface area contributed by atoms with Crippen molar-refractivity contribution < 1.29 is 4.79 Å². The Balaban J connectivity index is 1.56. The topological polar surface area (TPSA) is 118 Å². The van der Waals surface area contributed by atoms with Gasteiger partial charge in [0.15, 0.2) is 11.6 Å². The molecule has 154 valence electrons. The van der Waals surface area contributed by atoms with Gasteiger partial charge in [0.25, 0.3) is 5.91 Å². The van der Waals surface area contributed by atoms with Crippen LogP contribution in [0, 0.1) is 0 Å². The van der Waals surface area contributed by atoms with Gasteiger partial charge in [-0.15, -0.1) is 0 Å². The van der Waals surface area contributed by atoms with E-state index in [1.54, 1.807) is 24.5 Å². The predicted octanol–water partition coefficient (Wildman–Crippen LogP) is 3.41. The van der Waals surface area contributed by atoms with Crippen LogP contribution in [-0.2, 0) is 0 Å². The average molecular weight is 411 g/mol. The van der Waals surface area contributed by atoms with Gasteiger partial charge in [0.05, 0.1) is 6.04 Å². The lowest BCUT2D eigenvalue weighted by atomic mass is 9.99. The number of nitrogens with two attached hydrogens (primary N) is 1. The maximum absolute atomic E-state index is 12.3. The molecule has 2 aromatic carbocycles. The molecule has 0 radical (unpaired) electrons. The van der Waals surface area contributed by atoms with E-state index in [-0.39, 0.29) is 17.6 Å². The van der Waals surface area contributed by atoms with Gasteiger partial charge in [-0.05, 0) is 23.3 Å². The number of rotatable bonds is 7. The van der Waals surface area contributed by atoms with E-state index in [2.05, 4.69) is 31.1 Å². The summed E-state index contributed by atoms with van der Waals surface area (Å²) in [5.74, 6) is 0.412. The lowest BCUT2D eigenvalue weighted by Crippen LogP contribution is -2.30. The first-order chi connectivity index (χ1) is 15.2. The number of pyridine rings is 1. The average Bonchev–Trinajstić information content (AvgIpc) is 2.84. The van der Waals surface area contributed by atoms with Gasteiger partial charge in [0.2, 0.25) is 0 Å². The molecule has 0 aliphatic rings. The zero-order valence-corrected chi connectivity index (χ0v) is 16.6. The SMILES string of the molecule is Nc1c(NNC(=O)c2ccncc2)ncnc1NC(c1ccccc1)c1ccccc1. The quantitative estimate of drug-likeness (QED) is 0.344. The summed E-state index contributed by atoms with van der Waals surface area (Å²) in [4.78, 5) is 24.6. The first-order valence-corrected chi connectivity index (χ1v) is 9.65. The van der Waals surface area contributed by atoms with Crippen LogP contribution in [0.15, 0.2) is 91.5 Å². The molecule has 4 aromatic rings. The molecule has 2 aromatic heterocycles. The zero-order chi connectivity index (χ0) is 21.5. The van der Waals surface area contributed by atoms with E-state index in [1.165, 1.54) is 6.33 Å². The highest BCUT2D eigenvalue weighted by Gasteiger charge is 2.17. The Bertz CT molecular complexity index is 1100.